The first-order chi connectivity index (χ1) is 20.6. The number of carboxylic acids is 1. The summed E-state index contributed by atoms with van der Waals surface area (Å²) in [6.07, 6.45) is 39.8. The molecule has 0 fully saturated rings. The van der Waals surface area contributed by atoms with E-state index in [1.165, 1.54) is 161 Å². The fourth-order valence-corrected chi connectivity index (χ4v) is 6.00. The number of hydrogen-bond donors (Lipinski definition) is 1. The highest BCUT2D eigenvalue weighted by Crippen LogP contribution is 2.18. The summed E-state index contributed by atoms with van der Waals surface area (Å²) < 4.78 is 5.73. The molecule has 0 radical (unpaired) electrons. The van der Waals surface area contributed by atoms with Gasteiger partial charge in [-0.25, -0.2) is 0 Å². The van der Waals surface area contributed by atoms with E-state index in [0.717, 1.165) is 32.1 Å². The van der Waals surface area contributed by atoms with Gasteiger partial charge in [-0.2, -0.15) is 0 Å². The summed E-state index contributed by atoms with van der Waals surface area (Å²) in [7, 11) is 0. The van der Waals surface area contributed by atoms with Gasteiger partial charge in [-0.15, -0.1) is 0 Å². The lowest BCUT2D eigenvalue weighted by atomic mass is 10.0. The summed E-state index contributed by atoms with van der Waals surface area (Å²) in [5.41, 5.74) is 0. The van der Waals surface area contributed by atoms with Gasteiger partial charge < -0.3 is 9.84 Å². The molecule has 0 aromatic rings. The Morgan fingerprint density at radius 1 is 0.429 bits per heavy atom. The van der Waals surface area contributed by atoms with Crippen molar-refractivity contribution in [3.8, 4) is 0 Å². The fourth-order valence-electron chi connectivity index (χ4n) is 6.00. The molecule has 0 amide bonds. The molecule has 0 heterocycles. The van der Waals surface area contributed by atoms with Crippen molar-refractivity contribution in [3.63, 3.8) is 0 Å². The van der Waals surface area contributed by atoms with Crippen LogP contribution in [0.1, 0.15) is 226 Å². The van der Waals surface area contributed by atoms with Crippen molar-refractivity contribution >= 4 is 11.9 Å². The molecule has 0 aromatic carbocycles. The van der Waals surface area contributed by atoms with E-state index >= 15 is 0 Å². The summed E-state index contributed by atoms with van der Waals surface area (Å²) in [4.78, 5) is 23.5. The number of carboxylic acid groups (broad SMARTS) is 1. The van der Waals surface area contributed by atoms with E-state index < -0.39 is 5.97 Å². The highest BCUT2D eigenvalue weighted by molar-refractivity contribution is 5.69. The van der Waals surface area contributed by atoms with Gasteiger partial charge in [-0.05, 0) is 25.7 Å². The molecule has 1 atom stereocenters. The third kappa shape index (κ3) is 33.4. The van der Waals surface area contributed by atoms with Gasteiger partial charge in [0.25, 0.3) is 0 Å². The minimum atomic E-state index is -0.807. The Hall–Kier alpha value is -1.06. The maximum Gasteiger partial charge on any atom is 0.306 e. The Morgan fingerprint density at radius 3 is 1.07 bits per heavy atom. The third-order valence-corrected chi connectivity index (χ3v) is 8.84. The van der Waals surface area contributed by atoms with Crippen LogP contribution in [-0.4, -0.2) is 23.1 Å². The minimum absolute atomic E-state index is 0.0787. The molecule has 250 valence electrons. The first-order valence-corrected chi connectivity index (χ1v) is 19.0. The molecular weight excluding hydrogens is 520 g/mol. The number of carbonyl (C=O) groups excluding carboxylic acids is 1. The van der Waals surface area contributed by atoms with Crippen LogP contribution in [0.5, 0.6) is 0 Å². The molecule has 0 aliphatic rings. The molecule has 0 saturated heterocycles. The van der Waals surface area contributed by atoms with Gasteiger partial charge in [0.15, 0.2) is 0 Å². The standard InChI is InChI=1S/C38H74O4/c1-3-5-7-9-11-13-15-17-18-19-20-21-23-25-27-29-31-33-38(41)42-36(34-35-37(39)40)32-30-28-26-24-22-16-14-12-10-8-6-4-2/h36H,3-35H2,1-2H3,(H,39,40). The van der Waals surface area contributed by atoms with E-state index in [0.29, 0.717) is 12.8 Å². The zero-order valence-electron chi connectivity index (χ0n) is 28.6. The average molecular weight is 595 g/mol. The average Bonchev–Trinajstić information content (AvgIpc) is 2.97. The van der Waals surface area contributed by atoms with E-state index in [1.807, 2.05) is 0 Å². The minimum Gasteiger partial charge on any atom is -0.481 e. The second kappa shape index (κ2) is 34.4. The molecule has 0 rings (SSSR count). The number of ether oxygens (including phenoxy) is 1. The summed E-state index contributed by atoms with van der Waals surface area (Å²) in [5.74, 6) is -0.941. The fraction of sp³-hybridized carbons (Fsp3) is 0.947. The van der Waals surface area contributed by atoms with Crippen molar-refractivity contribution < 1.29 is 19.4 Å². The van der Waals surface area contributed by atoms with Crippen LogP contribution in [0.3, 0.4) is 0 Å². The summed E-state index contributed by atoms with van der Waals surface area (Å²) in [5, 5.41) is 9.09. The quantitative estimate of drug-likeness (QED) is 0.0585. The van der Waals surface area contributed by atoms with Gasteiger partial charge in [0, 0.05) is 12.8 Å². The third-order valence-electron chi connectivity index (χ3n) is 8.84. The lowest BCUT2D eigenvalue weighted by Gasteiger charge is -2.17. The van der Waals surface area contributed by atoms with E-state index in [2.05, 4.69) is 13.8 Å². The van der Waals surface area contributed by atoms with Gasteiger partial charge in [0.2, 0.25) is 0 Å². The number of rotatable bonds is 35. The van der Waals surface area contributed by atoms with Crippen LogP contribution < -0.4 is 0 Å². The zero-order valence-corrected chi connectivity index (χ0v) is 28.6. The normalized spacial score (nSPS) is 12.0. The van der Waals surface area contributed by atoms with Crippen molar-refractivity contribution in [2.45, 2.75) is 232 Å². The molecule has 0 aliphatic carbocycles. The van der Waals surface area contributed by atoms with Gasteiger partial charge in [0.1, 0.15) is 6.10 Å². The van der Waals surface area contributed by atoms with Crippen LogP contribution in [0, 0.1) is 0 Å². The highest BCUT2D eigenvalue weighted by Gasteiger charge is 2.16. The molecule has 0 aromatic heterocycles. The molecule has 42 heavy (non-hydrogen) atoms. The topological polar surface area (TPSA) is 63.6 Å². The summed E-state index contributed by atoms with van der Waals surface area (Å²) in [6, 6.07) is 0. The number of carbonyl (C=O) groups is 2. The first-order valence-electron chi connectivity index (χ1n) is 19.0. The molecule has 1 N–H and O–H groups in total. The Kier molecular flexibility index (Phi) is 33.6. The van der Waals surface area contributed by atoms with Crippen LogP contribution in [0.25, 0.3) is 0 Å². The smallest absolute Gasteiger partial charge is 0.306 e. The van der Waals surface area contributed by atoms with Gasteiger partial charge in [-0.1, -0.05) is 187 Å². The predicted molar refractivity (Wildman–Crippen MR) is 181 cm³/mol. The van der Waals surface area contributed by atoms with Crippen LogP contribution >= 0.6 is 0 Å². The molecule has 0 saturated carbocycles. The van der Waals surface area contributed by atoms with Crippen molar-refractivity contribution in [1.82, 2.24) is 0 Å². The van der Waals surface area contributed by atoms with E-state index in [9.17, 15) is 9.59 Å². The number of aliphatic carboxylic acids is 1. The summed E-state index contributed by atoms with van der Waals surface area (Å²) in [6.45, 7) is 4.55. The van der Waals surface area contributed by atoms with Gasteiger partial charge in [0.05, 0.1) is 0 Å². The predicted octanol–water partition coefficient (Wildman–Crippen LogP) is 12.9. The Morgan fingerprint density at radius 2 is 0.738 bits per heavy atom. The molecule has 4 nitrogen and oxygen atoms in total. The molecule has 4 heteroatoms. The van der Waals surface area contributed by atoms with Crippen LogP contribution in [-0.2, 0) is 14.3 Å². The Balaban J connectivity index is 3.67. The van der Waals surface area contributed by atoms with E-state index in [1.54, 1.807) is 0 Å². The van der Waals surface area contributed by atoms with E-state index in [-0.39, 0.29) is 18.5 Å². The second-order valence-electron chi connectivity index (χ2n) is 13.1. The molecular formula is C38H74O4. The van der Waals surface area contributed by atoms with Crippen molar-refractivity contribution in [2.24, 2.45) is 0 Å². The lowest BCUT2D eigenvalue weighted by molar-refractivity contribution is -0.151. The van der Waals surface area contributed by atoms with Crippen LogP contribution in [0.15, 0.2) is 0 Å². The van der Waals surface area contributed by atoms with Crippen LogP contribution in [0.2, 0.25) is 0 Å². The maximum atomic E-state index is 12.4. The highest BCUT2D eigenvalue weighted by atomic mass is 16.5. The second-order valence-corrected chi connectivity index (χ2v) is 13.1. The molecule has 0 spiro atoms. The number of hydrogen-bond acceptors (Lipinski definition) is 3. The molecule has 1 unspecified atom stereocenters. The maximum absolute atomic E-state index is 12.4. The number of esters is 1. The van der Waals surface area contributed by atoms with Crippen LogP contribution in [0.4, 0.5) is 0 Å². The van der Waals surface area contributed by atoms with Crippen molar-refractivity contribution in [1.29, 1.82) is 0 Å². The number of unbranched alkanes of at least 4 members (excludes halogenated alkanes) is 27. The largest absolute Gasteiger partial charge is 0.481 e. The Bertz CT molecular complexity index is 561. The van der Waals surface area contributed by atoms with Gasteiger partial charge in [-0.3, -0.25) is 9.59 Å². The van der Waals surface area contributed by atoms with Crippen molar-refractivity contribution in [3.05, 3.63) is 0 Å². The molecule has 0 aliphatic heterocycles. The summed E-state index contributed by atoms with van der Waals surface area (Å²) >= 11 is 0. The monoisotopic (exact) mass is 595 g/mol. The van der Waals surface area contributed by atoms with E-state index in [4.69, 9.17) is 9.84 Å². The zero-order chi connectivity index (χ0) is 30.8. The Labute approximate surface area is 262 Å². The SMILES string of the molecule is CCCCCCCCCCCCCCCCCCCC(=O)OC(CCCCCCCCCCCCCC)CCC(=O)O. The van der Waals surface area contributed by atoms with Crippen molar-refractivity contribution in [2.75, 3.05) is 0 Å². The molecule has 0 bridgehead atoms. The first kappa shape index (κ1) is 40.9. The van der Waals surface area contributed by atoms with Gasteiger partial charge >= 0.3 is 11.9 Å². The lowest BCUT2D eigenvalue weighted by Crippen LogP contribution is -2.19.